The molecule has 1 spiro atoms. The summed E-state index contributed by atoms with van der Waals surface area (Å²) < 4.78 is 5.76. The molecule has 0 aromatic carbocycles. The fourth-order valence-corrected chi connectivity index (χ4v) is 4.36. The molecule has 1 aromatic heterocycles. The van der Waals surface area contributed by atoms with Crippen molar-refractivity contribution >= 4 is 17.2 Å². The van der Waals surface area contributed by atoms with Gasteiger partial charge in [0, 0.05) is 36.4 Å². The van der Waals surface area contributed by atoms with Crippen molar-refractivity contribution < 1.29 is 14.6 Å². The Morgan fingerprint density at radius 1 is 1.52 bits per heavy atom. The van der Waals surface area contributed by atoms with Gasteiger partial charge < -0.3 is 14.7 Å². The largest absolute Gasteiger partial charge is 0.392 e. The normalized spacial score (nSPS) is 27.6. The van der Waals surface area contributed by atoms with E-state index in [2.05, 4.69) is 0 Å². The predicted octanol–water partition coefficient (Wildman–Crippen LogP) is 2.07. The lowest BCUT2D eigenvalue weighted by atomic mass is 9.58. The first-order chi connectivity index (χ1) is 10.2. The van der Waals surface area contributed by atoms with Crippen LogP contribution < -0.4 is 0 Å². The number of ether oxygens (including phenoxy) is 1. The minimum absolute atomic E-state index is 0.101. The van der Waals surface area contributed by atoms with Crippen LogP contribution >= 0.6 is 11.3 Å². The number of aliphatic hydroxyl groups is 1. The van der Waals surface area contributed by atoms with Crippen molar-refractivity contribution in [2.45, 2.75) is 44.8 Å². The first kappa shape index (κ1) is 15.0. The molecular weight excluding hydrogens is 286 g/mol. The molecule has 0 radical (unpaired) electrons. The third kappa shape index (κ3) is 2.74. The molecule has 1 amide bonds. The molecule has 1 aromatic rings. The molecule has 0 bridgehead atoms. The summed E-state index contributed by atoms with van der Waals surface area (Å²) in [6, 6.07) is 3.99. The summed E-state index contributed by atoms with van der Waals surface area (Å²) in [7, 11) is 0. The lowest BCUT2D eigenvalue weighted by Gasteiger charge is -2.56. The van der Waals surface area contributed by atoms with E-state index in [9.17, 15) is 9.90 Å². The lowest BCUT2D eigenvalue weighted by molar-refractivity contribution is -0.210. The number of likely N-dealkylation sites (tertiary alicyclic amines) is 1. The van der Waals surface area contributed by atoms with Gasteiger partial charge in [0.2, 0.25) is 5.91 Å². The topological polar surface area (TPSA) is 49.8 Å². The van der Waals surface area contributed by atoms with Crippen molar-refractivity contribution in [1.82, 2.24) is 4.90 Å². The van der Waals surface area contributed by atoms with Gasteiger partial charge in [-0.3, -0.25) is 4.79 Å². The molecule has 4 nitrogen and oxygen atoms in total. The number of amides is 1. The van der Waals surface area contributed by atoms with Crippen molar-refractivity contribution in [3.63, 3.8) is 0 Å². The zero-order valence-corrected chi connectivity index (χ0v) is 13.3. The van der Waals surface area contributed by atoms with Crippen LogP contribution in [-0.2, 0) is 16.0 Å². The molecular formula is C16H23NO3S. The number of thiophene rings is 1. The summed E-state index contributed by atoms with van der Waals surface area (Å²) in [5.41, 5.74) is -0.101. The summed E-state index contributed by atoms with van der Waals surface area (Å²) in [6.45, 7) is 4.17. The standard InChI is InChI=1S/C16H23NO3S/c1-2-20-14-11-13(18)16(14)5-7-17(8-6-16)15(19)10-12-4-3-9-21-12/h3-4,9,13-14,18H,2,5-8,10-11H2,1H3/t13-,14-/m0/s1. The van der Waals surface area contributed by atoms with Crippen LogP contribution in [0.1, 0.15) is 31.1 Å². The minimum Gasteiger partial charge on any atom is -0.392 e. The zero-order valence-electron chi connectivity index (χ0n) is 12.5. The monoisotopic (exact) mass is 309 g/mol. The van der Waals surface area contributed by atoms with E-state index in [4.69, 9.17) is 4.74 Å². The Balaban J connectivity index is 1.56. The van der Waals surface area contributed by atoms with Gasteiger partial charge >= 0.3 is 0 Å². The van der Waals surface area contributed by atoms with Crippen molar-refractivity contribution in [2.75, 3.05) is 19.7 Å². The van der Waals surface area contributed by atoms with E-state index in [1.165, 1.54) is 0 Å². The van der Waals surface area contributed by atoms with Crippen LogP contribution in [0.15, 0.2) is 17.5 Å². The molecule has 1 aliphatic heterocycles. The molecule has 1 saturated heterocycles. The van der Waals surface area contributed by atoms with Crippen LogP contribution in [0.5, 0.6) is 0 Å². The van der Waals surface area contributed by atoms with E-state index in [1.807, 2.05) is 29.3 Å². The number of hydrogen-bond acceptors (Lipinski definition) is 4. The van der Waals surface area contributed by atoms with Crippen molar-refractivity contribution in [3.05, 3.63) is 22.4 Å². The average molecular weight is 309 g/mol. The van der Waals surface area contributed by atoms with E-state index in [0.29, 0.717) is 13.0 Å². The predicted molar refractivity (Wildman–Crippen MR) is 82.3 cm³/mol. The van der Waals surface area contributed by atoms with E-state index in [-0.39, 0.29) is 23.5 Å². The van der Waals surface area contributed by atoms with Gasteiger partial charge in [-0.15, -0.1) is 11.3 Å². The van der Waals surface area contributed by atoms with E-state index >= 15 is 0 Å². The number of carbonyl (C=O) groups is 1. The molecule has 1 N–H and O–H groups in total. The first-order valence-corrected chi connectivity index (χ1v) is 8.63. The second-order valence-corrected chi connectivity index (χ2v) is 7.10. The molecule has 2 heterocycles. The number of aliphatic hydroxyl groups excluding tert-OH is 1. The van der Waals surface area contributed by atoms with Gasteiger partial charge in [-0.1, -0.05) is 6.07 Å². The second kappa shape index (κ2) is 6.07. The smallest absolute Gasteiger partial charge is 0.227 e. The molecule has 1 aliphatic carbocycles. The van der Waals surface area contributed by atoms with Crippen LogP contribution in [0.3, 0.4) is 0 Å². The third-order valence-corrected chi connectivity index (χ3v) is 5.94. The highest BCUT2D eigenvalue weighted by Crippen LogP contribution is 2.50. The summed E-state index contributed by atoms with van der Waals surface area (Å²) in [6.07, 6.45) is 2.87. The SMILES string of the molecule is CCO[C@H]1C[C@H](O)C12CCN(C(=O)Cc1cccs1)CC2. The quantitative estimate of drug-likeness (QED) is 0.926. The van der Waals surface area contributed by atoms with Gasteiger partial charge in [-0.2, -0.15) is 0 Å². The van der Waals surface area contributed by atoms with Crippen molar-refractivity contribution in [1.29, 1.82) is 0 Å². The van der Waals surface area contributed by atoms with Gasteiger partial charge in [0.05, 0.1) is 18.6 Å². The average Bonchev–Trinajstić information content (AvgIpc) is 3.00. The summed E-state index contributed by atoms with van der Waals surface area (Å²) in [5.74, 6) is 0.203. The maximum atomic E-state index is 12.3. The Bertz CT molecular complexity index is 478. The van der Waals surface area contributed by atoms with Crippen molar-refractivity contribution in [3.8, 4) is 0 Å². The van der Waals surface area contributed by atoms with E-state index in [0.717, 1.165) is 37.2 Å². The Hall–Kier alpha value is -0.910. The Morgan fingerprint density at radius 3 is 2.86 bits per heavy atom. The summed E-state index contributed by atoms with van der Waals surface area (Å²) >= 11 is 1.63. The molecule has 2 fully saturated rings. The zero-order chi connectivity index (χ0) is 14.9. The number of rotatable bonds is 4. The number of nitrogens with zero attached hydrogens (tertiary/aromatic N) is 1. The van der Waals surface area contributed by atoms with Crippen LogP contribution in [0.4, 0.5) is 0 Å². The van der Waals surface area contributed by atoms with Crippen LogP contribution in [-0.4, -0.2) is 47.8 Å². The van der Waals surface area contributed by atoms with Gasteiger partial charge in [-0.05, 0) is 31.2 Å². The fourth-order valence-electron chi connectivity index (χ4n) is 3.66. The maximum absolute atomic E-state index is 12.3. The van der Waals surface area contributed by atoms with E-state index in [1.54, 1.807) is 11.3 Å². The Kier molecular flexibility index (Phi) is 4.33. The van der Waals surface area contributed by atoms with Crippen LogP contribution in [0.25, 0.3) is 0 Å². The Morgan fingerprint density at radius 2 is 2.29 bits per heavy atom. The lowest BCUT2D eigenvalue weighted by Crippen LogP contribution is -2.62. The van der Waals surface area contributed by atoms with Crippen LogP contribution in [0.2, 0.25) is 0 Å². The van der Waals surface area contributed by atoms with Gasteiger partial charge in [0.25, 0.3) is 0 Å². The van der Waals surface area contributed by atoms with Gasteiger partial charge in [0.15, 0.2) is 0 Å². The molecule has 2 atom stereocenters. The molecule has 21 heavy (non-hydrogen) atoms. The van der Waals surface area contributed by atoms with Gasteiger partial charge in [0.1, 0.15) is 0 Å². The molecule has 3 rings (SSSR count). The number of piperidine rings is 1. The summed E-state index contributed by atoms with van der Waals surface area (Å²) in [5, 5.41) is 12.2. The van der Waals surface area contributed by atoms with Gasteiger partial charge in [-0.25, -0.2) is 0 Å². The Labute approximate surface area is 129 Å². The molecule has 5 heteroatoms. The molecule has 116 valence electrons. The maximum Gasteiger partial charge on any atom is 0.227 e. The highest BCUT2D eigenvalue weighted by molar-refractivity contribution is 7.10. The highest BCUT2D eigenvalue weighted by Gasteiger charge is 2.56. The number of carbonyl (C=O) groups excluding carboxylic acids is 1. The van der Waals surface area contributed by atoms with Crippen LogP contribution in [0, 0.1) is 5.41 Å². The summed E-state index contributed by atoms with van der Waals surface area (Å²) in [4.78, 5) is 15.4. The van der Waals surface area contributed by atoms with Crippen molar-refractivity contribution in [2.24, 2.45) is 5.41 Å². The number of hydrogen-bond donors (Lipinski definition) is 1. The molecule has 0 unspecified atom stereocenters. The third-order valence-electron chi connectivity index (χ3n) is 5.06. The highest BCUT2D eigenvalue weighted by atomic mass is 32.1. The van der Waals surface area contributed by atoms with E-state index < -0.39 is 0 Å². The first-order valence-electron chi connectivity index (χ1n) is 7.75. The second-order valence-electron chi connectivity index (χ2n) is 6.07. The molecule has 2 aliphatic rings. The molecule has 1 saturated carbocycles. The fraction of sp³-hybridized carbons (Fsp3) is 0.688. The minimum atomic E-state index is -0.261.